The fraction of sp³-hybridized carbons (Fsp3) is 0.0952. The SMILES string of the molecule is CCOc1ccc(-c2ccc(C(=O)O)cc2)cc1-c1ccccc1. The molecular weight excluding hydrogens is 300 g/mol. The minimum Gasteiger partial charge on any atom is -0.493 e. The fourth-order valence-corrected chi connectivity index (χ4v) is 2.64. The molecule has 0 unspecified atom stereocenters. The molecule has 1 N–H and O–H groups in total. The molecule has 24 heavy (non-hydrogen) atoms. The van der Waals surface area contributed by atoms with Gasteiger partial charge in [0.25, 0.3) is 0 Å². The van der Waals surface area contributed by atoms with E-state index in [4.69, 9.17) is 9.84 Å². The Morgan fingerprint density at radius 1 is 0.875 bits per heavy atom. The maximum atomic E-state index is 11.0. The van der Waals surface area contributed by atoms with E-state index in [2.05, 4.69) is 18.2 Å². The first-order valence-corrected chi connectivity index (χ1v) is 7.85. The minimum atomic E-state index is -0.918. The van der Waals surface area contributed by atoms with Crippen molar-refractivity contribution in [3.8, 4) is 28.0 Å². The molecule has 0 atom stereocenters. The van der Waals surface area contributed by atoms with E-state index < -0.39 is 5.97 Å². The van der Waals surface area contributed by atoms with E-state index in [1.807, 2.05) is 49.4 Å². The van der Waals surface area contributed by atoms with Gasteiger partial charge in [0.1, 0.15) is 5.75 Å². The lowest BCUT2D eigenvalue weighted by atomic mass is 9.97. The van der Waals surface area contributed by atoms with Crippen LogP contribution >= 0.6 is 0 Å². The Bertz CT molecular complexity index is 837. The van der Waals surface area contributed by atoms with Crippen LogP contribution in [0, 0.1) is 0 Å². The quantitative estimate of drug-likeness (QED) is 0.710. The van der Waals surface area contributed by atoms with Crippen LogP contribution in [0.5, 0.6) is 5.75 Å². The highest BCUT2D eigenvalue weighted by Crippen LogP contribution is 2.34. The molecule has 0 aliphatic carbocycles. The molecule has 0 saturated heterocycles. The van der Waals surface area contributed by atoms with Gasteiger partial charge in [-0.2, -0.15) is 0 Å². The molecule has 0 aliphatic heterocycles. The first-order valence-electron chi connectivity index (χ1n) is 7.85. The summed E-state index contributed by atoms with van der Waals surface area (Å²) < 4.78 is 5.76. The highest BCUT2D eigenvalue weighted by molar-refractivity contribution is 5.88. The third kappa shape index (κ3) is 3.30. The highest BCUT2D eigenvalue weighted by Gasteiger charge is 2.09. The molecule has 3 aromatic rings. The molecular formula is C21H18O3. The summed E-state index contributed by atoms with van der Waals surface area (Å²) in [6.45, 7) is 2.57. The summed E-state index contributed by atoms with van der Waals surface area (Å²) in [5.41, 5.74) is 4.39. The van der Waals surface area contributed by atoms with Gasteiger partial charge in [0, 0.05) is 5.56 Å². The average molecular weight is 318 g/mol. The number of carboxylic acids is 1. The molecule has 0 saturated carbocycles. The van der Waals surface area contributed by atoms with E-state index in [1.54, 1.807) is 12.1 Å². The van der Waals surface area contributed by atoms with E-state index in [-0.39, 0.29) is 5.56 Å². The van der Waals surface area contributed by atoms with Crippen molar-refractivity contribution >= 4 is 5.97 Å². The maximum Gasteiger partial charge on any atom is 0.335 e. The van der Waals surface area contributed by atoms with Gasteiger partial charge >= 0.3 is 5.97 Å². The number of aromatic carboxylic acids is 1. The van der Waals surface area contributed by atoms with Crippen molar-refractivity contribution in [2.24, 2.45) is 0 Å². The topological polar surface area (TPSA) is 46.5 Å². The smallest absolute Gasteiger partial charge is 0.335 e. The van der Waals surface area contributed by atoms with Crippen molar-refractivity contribution in [3.63, 3.8) is 0 Å². The van der Waals surface area contributed by atoms with E-state index in [0.29, 0.717) is 6.61 Å². The van der Waals surface area contributed by atoms with Crippen molar-refractivity contribution in [1.29, 1.82) is 0 Å². The van der Waals surface area contributed by atoms with Gasteiger partial charge < -0.3 is 9.84 Å². The number of carbonyl (C=O) groups is 1. The molecule has 120 valence electrons. The van der Waals surface area contributed by atoms with E-state index in [0.717, 1.165) is 28.0 Å². The van der Waals surface area contributed by atoms with Crippen LogP contribution in [0.4, 0.5) is 0 Å². The van der Waals surface area contributed by atoms with Gasteiger partial charge in [-0.15, -0.1) is 0 Å². The predicted molar refractivity (Wildman–Crippen MR) is 95.4 cm³/mol. The molecule has 3 nitrogen and oxygen atoms in total. The average Bonchev–Trinajstić information content (AvgIpc) is 2.63. The zero-order valence-corrected chi connectivity index (χ0v) is 13.4. The van der Waals surface area contributed by atoms with Crippen LogP contribution in [0.25, 0.3) is 22.3 Å². The molecule has 0 heterocycles. The monoisotopic (exact) mass is 318 g/mol. The van der Waals surface area contributed by atoms with Crippen LogP contribution in [0.3, 0.4) is 0 Å². The summed E-state index contributed by atoms with van der Waals surface area (Å²) in [7, 11) is 0. The van der Waals surface area contributed by atoms with Gasteiger partial charge in [0.2, 0.25) is 0 Å². The number of ether oxygens (including phenoxy) is 1. The van der Waals surface area contributed by atoms with Gasteiger partial charge in [-0.3, -0.25) is 0 Å². The van der Waals surface area contributed by atoms with Crippen LogP contribution < -0.4 is 4.74 Å². The summed E-state index contributed by atoms with van der Waals surface area (Å²) in [5, 5.41) is 9.02. The Kier molecular flexibility index (Phi) is 4.62. The summed E-state index contributed by atoms with van der Waals surface area (Å²) in [4.78, 5) is 11.0. The lowest BCUT2D eigenvalue weighted by Gasteiger charge is -2.13. The Balaban J connectivity index is 2.05. The number of benzene rings is 3. The number of carboxylic acid groups (broad SMARTS) is 1. The normalized spacial score (nSPS) is 10.4. The molecule has 3 rings (SSSR count). The third-order valence-electron chi connectivity index (χ3n) is 3.83. The molecule has 0 amide bonds. The van der Waals surface area contributed by atoms with Crippen LogP contribution in [0.2, 0.25) is 0 Å². The molecule has 0 spiro atoms. The molecule has 0 radical (unpaired) electrons. The van der Waals surface area contributed by atoms with Crippen molar-refractivity contribution in [1.82, 2.24) is 0 Å². The van der Waals surface area contributed by atoms with Gasteiger partial charge in [-0.25, -0.2) is 4.79 Å². The first-order chi connectivity index (χ1) is 11.7. The number of hydrogen-bond acceptors (Lipinski definition) is 2. The van der Waals surface area contributed by atoms with Crippen molar-refractivity contribution < 1.29 is 14.6 Å². The van der Waals surface area contributed by atoms with Gasteiger partial charge in [0.15, 0.2) is 0 Å². The Labute approximate surface area is 141 Å². The molecule has 0 fully saturated rings. The van der Waals surface area contributed by atoms with Crippen LogP contribution in [-0.2, 0) is 0 Å². The van der Waals surface area contributed by atoms with E-state index in [9.17, 15) is 4.79 Å². The zero-order valence-electron chi connectivity index (χ0n) is 13.4. The van der Waals surface area contributed by atoms with Crippen LogP contribution in [0.1, 0.15) is 17.3 Å². The van der Waals surface area contributed by atoms with E-state index in [1.165, 1.54) is 0 Å². The molecule has 0 aromatic heterocycles. The molecule has 3 heteroatoms. The maximum absolute atomic E-state index is 11.0. The Hall–Kier alpha value is -3.07. The first kappa shape index (κ1) is 15.8. The van der Waals surface area contributed by atoms with Gasteiger partial charge in [-0.1, -0.05) is 48.5 Å². The minimum absolute atomic E-state index is 0.285. The number of hydrogen-bond donors (Lipinski definition) is 1. The molecule has 3 aromatic carbocycles. The Morgan fingerprint density at radius 3 is 2.17 bits per heavy atom. The van der Waals surface area contributed by atoms with Crippen molar-refractivity contribution in [2.75, 3.05) is 6.61 Å². The summed E-state index contributed by atoms with van der Waals surface area (Å²) in [5.74, 6) is -0.0761. The zero-order chi connectivity index (χ0) is 16.9. The standard InChI is InChI=1S/C21H18O3/c1-2-24-20-13-12-18(14-19(20)16-6-4-3-5-7-16)15-8-10-17(11-9-15)21(22)23/h3-14H,2H2,1H3,(H,22,23). The van der Waals surface area contributed by atoms with Gasteiger partial charge in [0.05, 0.1) is 12.2 Å². The lowest BCUT2D eigenvalue weighted by Crippen LogP contribution is -1.96. The second kappa shape index (κ2) is 7.01. The lowest BCUT2D eigenvalue weighted by molar-refractivity contribution is 0.0697. The predicted octanol–water partition coefficient (Wildman–Crippen LogP) is 5.12. The van der Waals surface area contributed by atoms with Crippen LogP contribution in [-0.4, -0.2) is 17.7 Å². The second-order valence-electron chi connectivity index (χ2n) is 5.39. The summed E-state index contributed by atoms with van der Waals surface area (Å²) >= 11 is 0. The fourth-order valence-electron chi connectivity index (χ4n) is 2.64. The van der Waals surface area contributed by atoms with E-state index >= 15 is 0 Å². The Morgan fingerprint density at radius 2 is 1.54 bits per heavy atom. The second-order valence-corrected chi connectivity index (χ2v) is 5.39. The molecule has 0 aliphatic rings. The summed E-state index contributed by atoms with van der Waals surface area (Å²) in [6, 6.07) is 23.0. The summed E-state index contributed by atoms with van der Waals surface area (Å²) in [6.07, 6.45) is 0. The highest BCUT2D eigenvalue weighted by atomic mass is 16.5. The number of rotatable bonds is 5. The molecule has 0 bridgehead atoms. The van der Waals surface area contributed by atoms with Gasteiger partial charge in [-0.05, 0) is 47.9 Å². The van der Waals surface area contributed by atoms with Crippen molar-refractivity contribution in [2.45, 2.75) is 6.92 Å². The van der Waals surface area contributed by atoms with Crippen LogP contribution in [0.15, 0.2) is 72.8 Å². The third-order valence-corrected chi connectivity index (χ3v) is 3.83. The largest absolute Gasteiger partial charge is 0.493 e. The van der Waals surface area contributed by atoms with Crippen molar-refractivity contribution in [3.05, 3.63) is 78.4 Å².